The minimum Gasteiger partial charge on any atom is -0.392 e. The molecule has 0 heterocycles. The molecule has 1 heteroatoms. The number of allylic oxidation sites excluding steroid dienone is 2. The molecule has 0 saturated carbocycles. The van der Waals surface area contributed by atoms with E-state index in [1.165, 1.54) is 25.0 Å². The second-order valence-corrected chi connectivity index (χ2v) is 2.17. The third kappa shape index (κ3) is 4.07. The van der Waals surface area contributed by atoms with Gasteiger partial charge < -0.3 is 5.32 Å². The van der Waals surface area contributed by atoms with E-state index in [-0.39, 0.29) is 0 Å². The Hall–Kier alpha value is -0.460. The Morgan fingerprint density at radius 1 is 1.56 bits per heavy atom. The standard InChI is InChI=1S/C8H17N/c1-4-6-7-8(5-2)9-3/h5,9H,4,6-7H2,1-3H3. The van der Waals surface area contributed by atoms with Crippen LogP contribution in [0.4, 0.5) is 0 Å². The molecule has 9 heavy (non-hydrogen) atoms. The average molecular weight is 127 g/mol. The Balaban J connectivity index is 3.33. The van der Waals surface area contributed by atoms with Gasteiger partial charge in [0.05, 0.1) is 0 Å². The maximum absolute atomic E-state index is 3.15. The van der Waals surface area contributed by atoms with Crippen molar-refractivity contribution in [2.24, 2.45) is 0 Å². The molecule has 0 atom stereocenters. The molecule has 0 fully saturated rings. The highest BCUT2D eigenvalue weighted by molar-refractivity contribution is 4.95. The lowest BCUT2D eigenvalue weighted by atomic mass is 10.2. The van der Waals surface area contributed by atoms with Gasteiger partial charge in [-0.1, -0.05) is 19.4 Å². The molecule has 54 valence electrons. The summed E-state index contributed by atoms with van der Waals surface area (Å²) in [6.45, 7) is 4.28. The van der Waals surface area contributed by atoms with Crippen molar-refractivity contribution in [3.05, 3.63) is 11.8 Å². The molecular weight excluding hydrogens is 110 g/mol. The molecule has 1 N–H and O–H groups in total. The first kappa shape index (κ1) is 8.54. The predicted octanol–water partition coefficient (Wildman–Crippen LogP) is 2.30. The quantitative estimate of drug-likeness (QED) is 0.611. The molecule has 1 nitrogen and oxygen atoms in total. The van der Waals surface area contributed by atoms with Crippen molar-refractivity contribution in [2.45, 2.75) is 33.1 Å². The van der Waals surface area contributed by atoms with Gasteiger partial charge in [-0.2, -0.15) is 0 Å². The first-order chi connectivity index (χ1) is 4.35. The van der Waals surface area contributed by atoms with E-state index in [1.807, 2.05) is 7.05 Å². The summed E-state index contributed by atoms with van der Waals surface area (Å²) >= 11 is 0. The molecule has 0 unspecified atom stereocenters. The van der Waals surface area contributed by atoms with Gasteiger partial charge in [-0.05, 0) is 19.8 Å². The van der Waals surface area contributed by atoms with Crippen LogP contribution in [-0.4, -0.2) is 7.05 Å². The highest BCUT2D eigenvalue weighted by Gasteiger charge is 1.88. The van der Waals surface area contributed by atoms with Gasteiger partial charge in [-0.25, -0.2) is 0 Å². The van der Waals surface area contributed by atoms with Crippen LogP contribution in [0.2, 0.25) is 0 Å². The van der Waals surface area contributed by atoms with Crippen molar-refractivity contribution in [3.8, 4) is 0 Å². The summed E-state index contributed by atoms with van der Waals surface area (Å²) in [5.41, 5.74) is 1.36. The summed E-state index contributed by atoms with van der Waals surface area (Å²) in [6, 6.07) is 0. The minimum absolute atomic E-state index is 1.20. The SMILES string of the molecule is CC=C(CCCC)NC. The van der Waals surface area contributed by atoms with Gasteiger partial charge in [-0.15, -0.1) is 0 Å². The second kappa shape index (κ2) is 5.67. The number of hydrogen-bond acceptors (Lipinski definition) is 1. The normalized spacial score (nSPS) is 11.7. The van der Waals surface area contributed by atoms with Gasteiger partial charge >= 0.3 is 0 Å². The summed E-state index contributed by atoms with van der Waals surface area (Å²) in [6.07, 6.45) is 5.90. The fraction of sp³-hybridized carbons (Fsp3) is 0.750. The Morgan fingerprint density at radius 3 is 2.56 bits per heavy atom. The maximum atomic E-state index is 3.15. The molecule has 0 saturated heterocycles. The van der Waals surface area contributed by atoms with Crippen LogP contribution in [0.1, 0.15) is 33.1 Å². The molecule has 0 spiro atoms. The highest BCUT2D eigenvalue weighted by atomic mass is 14.8. The molecule has 0 amide bonds. The number of unbranched alkanes of at least 4 members (excludes halogenated alkanes) is 1. The number of hydrogen-bond donors (Lipinski definition) is 1. The number of nitrogens with one attached hydrogen (secondary N) is 1. The Bertz CT molecular complexity index is 84.6. The Morgan fingerprint density at radius 2 is 2.22 bits per heavy atom. The third-order valence-electron chi connectivity index (χ3n) is 1.47. The minimum atomic E-state index is 1.20. The van der Waals surface area contributed by atoms with Crippen LogP contribution < -0.4 is 5.32 Å². The van der Waals surface area contributed by atoms with Gasteiger partial charge in [0, 0.05) is 12.7 Å². The van der Waals surface area contributed by atoms with Gasteiger partial charge in [-0.3, -0.25) is 0 Å². The second-order valence-electron chi connectivity index (χ2n) is 2.17. The van der Waals surface area contributed by atoms with Crippen LogP contribution >= 0.6 is 0 Å². The van der Waals surface area contributed by atoms with Crippen molar-refractivity contribution in [1.29, 1.82) is 0 Å². The van der Waals surface area contributed by atoms with Gasteiger partial charge in [0.15, 0.2) is 0 Å². The maximum Gasteiger partial charge on any atom is 0.00607 e. The van der Waals surface area contributed by atoms with Crippen LogP contribution in [-0.2, 0) is 0 Å². The summed E-state index contributed by atoms with van der Waals surface area (Å²) in [5, 5.41) is 3.15. The van der Waals surface area contributed by atoms with Crippen molar-refractivity contribution in [1.82, 2.24) is 5.32 Å². The fourth-order valence-electron chi connectivity index (χ4n) is 0.781. The van der Waals surface area contributed by atoms with E-state index < -0.39 is 0 Å². The van der Waals surface area contributed by atoms with Crippen LogP contribution in [0.3, 0.4) is 0 Å². The van der Waals surface area contributed by atoms with Crippen LogP contribution in [0, 0.1) is 0 Å². The largest absolute Gasteiger partial charge is 0.392 e. The van der Waals surface area contributed by atoms with Crippen molar-refractivity contribution in [2.75, 3.05) is 7.05 Å². The van der Waals surface area contributed by atoms with E-state index in [4.69, 9.17) is 0 Å². The average Bonchev–Trinajstić information content (AvgIpc) is 1.91. The zero-order valence-electron chi connectivity index (χ0n) is 6.70. The molecule has 0 radical (unpaired) electrons. The molecule has 0 aliphatic carbocycles. The fourth-order valence-corrected chi connectivity index (χ4v) is 0.781. The van der Waals surface area contributed by atoms with E-state index >= 15 is 0 Å². The van der Waals surface area contributed by atoms with E-state index in [2.05, 4.69) is 25.2 Å². The summed E-state index contributed by atoms with van der Waals surface area (Å²) in [4.78, 5) is 0. The van der Waals surface area contributed by atoms with E-state index in [9.17, 15) is 0 Å². The first-order valence-electron chi connectivity index (χ1n) is 3.68. The molecule has 0 bridgehead atoms. The zero-order chi connectivity index (χ0) is 7.11. The lowest BCUT2D eigenvalue weighted by Gasteiger charge is -2.02. The van der Waals surface area contributed by atoms with Crippen LogP contribution in [0.25, 0.3) is 0 Å². The topological polar surface area (TPSA) is 12.0 Å². The summed E-state index contributed by atoms with van der Waals surface area (Å²) in [5.74, 6) is 0. The van der Waals surface area contributed by atoms with Crippen molar-refractivity contribution < 1.29 is 0 Å². The summed E-state index contributed by atoms with van der Waals surface area (Å²) in [7, 11) is 1.98. The van der Waals surface area contributed by atoms with Gasteiger partial charge in [0.2, 0.25) is 0 Å². The smallest absolute Gasteiger partial charge is 0.00607 e. The first-order valence-corrected chi connectivity index (χ1v) is 3.68. The number of rotatable bonds is 4. The lowest BCUT2D eigenvalue weighted by Crippen LogP contribution is -2.04. The van der Waals surface area contributed by atoms with Crippen molar-refractivity contribution in [3.63, 3.8) is 0 Å². The Kier molecular flexibility index (Phi) is 5.38. The Labute approximate surface area is 58.2 Å². The van der Waals surface area contributed by atoms with E-state index in [0.717, 1.165) is 0 Å². The molecule has 0 aromatic rings. The molecule has 0 rings (SSSR count). The molecule has 0 aliphatic rings. The van der Waals surface area contributed by atoms with E-state index in [1.54, 1.807) is 0 Å². The monoisotopic (exact) mass is 127 g/mol. The lowest BCUT2D eigenvalue weighted by molar-refractivity contribution is 0.743. The van der Waals surface area contributed by atoms with Crippen molar-refractivity contribution >= 4 is 0 Å². The summed E-state index contributed by atoms with van der Waals surface area (Å²) < 4.78 is 0. The zero-order valence-corrected chi connectivity index (χ0v) is 6.70. The third-order valence-corrected chi connectivity index (χ3v) is 1.47. The van der Waals surface area contributed by atoms with Gasteiger partial charge in [0.25, 0.3) is 0 Å². The van der Waals surface area contributed by atoms with Crippen LogP contribution in [0.5, 0.6) is 0 Å². The molecule has 0 aromatic carbocycles. The predicted molar refractivity (Wildman–Crippen MR) is 42.3 cm³/mol. The highest BCUT2D eigenvalue weighted by Crippen LogP contribution is 2.01. The molecular formula is C8H17N. The van der Waals surface area contributed by atoms with Gasteiger partial charge in [0.1, 0.15) is 0 Å². The van der Waals surface area contributed by atoms with E-state index in [0.29, 0.717) is 0 Å². The molecule has 0 aromatic heterocycles. The van der Waals surface area contributed by atoms with Crippen LogP contribution in [0.15, 0.2) is 11.8 Å². The molecule has 0 aliphatic heterocycles.